The molecule has 0 bridgehead atoms. The second-order valence-corrected chi connectivity index (χ2v) is 3.89. The Hall–Kier alpha value is -3.07. The number of hydrogen-bond acceptors (Lipinski definition) is 3. The number of carbonyl (C=O) groups excluding carboxylic acids is 1. The minimum absolute atomic E-state index is 0.0880. The molecule has 0 heterocycles. The van der Waals surface area contributed by atoms with Gasteiger partial charge in [-0.1, -0.05) is 67.8 Å². The van der Waals surface area contributed by atoms with Crippen LogP contribution in [0.3, 0.4) is 0 Å². The van der Waals surface area contributed by atoms with Crippen molar-refractivity contribution in [3.8, 4) is 11.5 Å². The second-order valence-electron chi connectivity index (χ2n) is 3.89. The van der Waals surface area contributed by atoms with Crippen LogP contribution in [-0.4, -0.2) is 16.5 Å². The molecular formula is C19H20O3. The van der Waals surface area contributed by atoms with Gasteiger partial charge in [0.2, 0.25) is 0 Å². The molecule has 2 rings (SSSR count). The lowest BCUT2D eigenvalue weighted by atomic mass is 10.2. The van der Waals surface area contributed by atoms with Gasteiger partial charge in [-0.15, -0.1) is 0 Å². The van der Waals surface area contributed by atoms with Crippen LogP contribution in [0, 0.1) is 0 Å². The van der Waals surface area contributed by atoms with Crippen LogP contribution >= 0.6 is 0 Å². The molecule has 0 radical (unpaired) electrons. The molecule has 0 saturated heterocycles. The molecule has 3 heteroatoms. The summed E-state index contributed by atoms with van der Waals surface area (Å²) in [7, 11) is 0. The van der Waals surface area contributed by atoms with E-state index in [0.29, 0.717) is 6.29 Å². The van der Waals surface area contributed by atoms with E-state index in [2.05, 4.69) is 13.2 Å². The number of allylic oxidation sites excluding steroid dienone is 3. The summed E-state index contributed by atoms with van der Waals surface area (Å²) >= 11 is 0. The third-order valence-corrected chi connectivity index (χ3v) is 2.19. The maximum atomic E-state index is 9.43. The average molecular weight is 296 g/mol. The first-order chi connectivity index (χ1) is 10.6. The summed E-state index contributed by atoms with van der Waals surface area (Å²) in [5.41, 5.74) is 1.17. The largest absolute Gasteiger partial charge is 0.508 e. The molecule has 0 aliphatic heterocycles. The molecular weight excluding hydrogens is 276 g/mol. The fourth-order valence-electron chi connectivity index (χ4n) is 1.21. The smallest absolute Gasteiger partial charge is 0.142 e. The van der Waals surface area contributed by atoms with E-state index in [1.807, 2.05) is 36.4 Å². The maximum Gasteiger partial charge on any atom is 0.142 e. The zero-order valence-corrected chi connectivity index (χ0v) is 12.3. The number of phenols is 2. The molecule has 0 aliphatic rings. The Bertz CT molecular complexity index is 559. The van der Waals surface area contributed by atoms with E-state index in [-0.39, 0.29) is 11.5 Å². The Morgan fingerprint density at radius 2 is 1.41 bits per heavy atom. The normalized spacial score (nSPS) is 8.73. The molecule has 0 atom stereocenters. The van der Waals surface area contributed by atoms with Gasteiger partial charge in [-0.3, -0.25) is 4.79 Å². The van der Waals surface area contributed by atoms with E-state index in [4.69, 9.17) is 10.2 Å². The highest BCUT2D eigenvalue weighted by molar-refractivity contribution is 5.65. The van der Waals surface area contributed by atoms with Crippen molar-refractivity contribution in [1.29, 1.82) is 0 Å². The zero-order chi connectivity index (χ0) is 16.6. The predicted molar refractivity (Wildman–Crippen MR) is 91.7 cm³/mol. The topological polar surface area (TPSA) is 57.5 Å². The molecule has 2 aromatic rings. The molecule has 22 heavy (non-hydrogen) atoms. The van der Waals surface area contributed by atoms with Gasteiger partial charge < -0.3 is 10.2 Å². The van der Waals surface area contributed by atoms with Crippen molar-refractivity contribution in [2.24, 2.45) is 0 Å². The van der Waals surface area contributed by atoms with Crippen molar-refractivity contribution >= 4 is 12.4 Å². The SMILES string of the molecule is C=CC=CC=O.C=Cc1ccccc1.Oc1cccc(O)c1. The first kappa shape index (κ1) is 18.9. The van der Waals surface area contributed by atoms with Gasteiger partial charge >= 0.3 is 0 Å². The Balaban J connectivity index is 0.000000306. The van der Waals surface area contributed by atoms with Gasteiger partial charge in [-0.05, 0) is 23.8 Å². The summed E-state index contributed by atoms with van der Waals surface area (Å²) in [6.07, 6.45) is 7.05. The number of phenolic OH excluding ortho intramolecular Hbond substituents is 2. The van der Waals surface area contributed by atoms with Crippen LogP contribution in [0.2, 0.25) is 0 Å². The van der Waals surface area contributed by atoms with E-state index < -0.39 is 0 Å². The molecule has 0 fully saturated rings. The number of carbonyl (C=O) groups is 1. The first-order valence-corrected chi connectivity index (χ1v) is 6.52. The fourth-order valence-corrected chi connectivity index (χ4v) is 1.21. The van der Waals surface area contributed by atoms with E-state index in [1.54, 1.807) is 18.2 Å². The van der Waals surface area contributed by atoms with Crippen molar-refractivity contribution in [1.82, 2.24) is 0 Å². The molecule has 0 unspecified atom stereocenters. The highest BCUT2D eigenvalue weighted by Gasteiger charge is 1.85. The van der Waals surface area contributed by atoms with Crippen LogP contribution in [-0.2, 0) is 4.79 Å². The molecule has 0 aromatic heterocycles. The van der Waals surface area contributed by atoms with Crippen molar-refractivity contribution in [3.63, 3.8) is 0 Å². The third kappa shape index (κ3) is 10.8. The van der Waals surface area contributed by atoms with Gasteiger partial charge in [0, 0.05) is 6.07 Å². The minimum Gasteiger partial charge on any atom is -0.508 e. The lowest BCUT2D eigenvalue weighted by molar-refractivity contribution is -0.104. The number of aromatic hydroxyl groups is 2. The second kappa shape index (κ2) is 12.9. The van der Waals surface area contributed by atoms with Gasteiger partial charge in [0.1, 0.15) is 17.8 Å². The number of aldehydes is 1. The van der Waals surface area contributed by atoms with Gasteiger partial charge in [0.25, 0.3) is 0 Å². The summed E-state index contributed by atoms with van der Waals surface area (Å²) in [5, 5.41) is 17.3. The lowest BCUT2D eigenvalue weighted by Gasteiger charge is -1.89. The molecule has 0 amide bonds. The van der Waals surface area contributed by atoms with Gasteiger partial charge in [0.15, 0.2) is 0 Å². The zero-order valence-electron chi connectivity index (χ0n) is 12.3. The molecule has 0 spiro atoms. The maximum absolute atomic E-state index is 9.43. The van der Waals surface area contributed by atoms with E-state index in [1.165, 1.54) is 29.8 Å². The monoisotopic (exact) mass is 296 g/mol. The Kier molecular flexibility index (Phi) is 11.1. The molecule has 2 N–H and O–H groups in total. The standard InChI is InChI=1S/C8H8.C6H6O2.C5H6O/c1-2-8-6-4-3-5-7-8;7-5-2-1-3-6(8)4-5;1-2-3-4-5-6/h2-7H,1H2;1-4,7-8H;2-5H,1H2. The highest BCUT2D eigenvalue weighted by atomic mass is 16.3. The summed E-state index contributed by atoms with van der Waals surface area (Å²) in [6.45, 7) is 6.98. The van der Waals surface area contributed by atoms with E-state index in [0.717, 1.165) is 0 Å². The van der Waals surface area contributed by atoms with Crippen molar-refractivity contribution < 1.29 is 15.0 Å². The summed E-state index contributed by atoms with van der Waals surface area (Å²) in [6, 6.07) is 15.9. The van der Waals surface area contributed by atoms with Crippen molar-refractivity contribution in [2.75, 3.05) is 0 Å². The Morgan fingerprint density at radius 3 is 1.68 bits per heavy atom. The molecule has 114 valence electrons. The van der Waals surface area contributed by atoms with Crippen LogP contribution in [0.4, 0.5) is 0 Å². The van der Waals surface area contributed by atoms with Crippen LogP contribution in [0.5, 0.6) is 11.5 Å². The van der Waals surface area contributed by atoms with Crippen LogP contribution in [0.1, 0.15) is 5.56 Å². The Labute approximate surface area is 131 Å². The highest BCUT2D eigenvalue weighted by Crippen LogP contribution is 2.14. The number of hydrogen-bond donors (Lipinski definition) is 2. The summed E-state index contributed by atoms with van der Waals surface area (Å²) in [5.74, 6) is 0.176. The summed E-state index contributed by atoms with van der Waals surface area (Å²) < 4.78 is 0. The fraction of sp³-hybridized carbons (Fsp3) is 0. The van der Waals surface area contributed by atoms with Crippen molar-refractivity contribution in [3.05, 3.63) is 91.5 Å². The first-order valence-electron chi connectivity index (χ1n) is 6.52. The number of rotatable bonds is 3. The third-order valence-electron chi connectivity index (χ3n) is 2.19. The van der Waals surface area contributed by atoms with Crippen LogP contribution in [0.15, 0.2) is 86.0 Å². The van der Waals surface area contributed by atoms with Gasteiger partial charge in [-0.2, -0.15) is 0 Å². The Morgan fingerprint density at radius 1 is 0.818 bits per heavy atom. The molecule has 3 nitrogen and oxygen atoms in total. The summed E-state index contributed by atoms with van der Waals surface area (Å²) in [4.78, 5) is 9.43. The molecule has 0 saturated carbocycles. The van der Waals surface area contributed by atoms with Crippen LogP contribution in [0.25, 0.3) is 6.08 Å². The predicted octanol–water partition coefficient (Wildman–Crippen LogP) is 4.35. The molecule has 0 aliphatic carbocycles. The van der Waals surface area contributed by atoms with Crippen LogP contribution < -0.4 is 0 Å². The van der Waals surface area contributed by atoms with Gasteiger partial charge in [-0.25, -0.2) is 0 Å². The average Bonchev–Trinajstić information content (AvgIpc) is 2.54. The lowest BCUT2D eigenvalue weighted by Crippen LogP contribution is -1.63. The van der Waals surface area contributed by atoms with Gasteiger partial charge in [0.05, 0.1) is 0 Å². The van der Waals surface area contributed by atoms with Crippen molar-refractivity contribution in [2.45, 2.75) is 0 Å². The minimum atomic E-state index is 0.0880. The van der Waals surface area contributed by atoms with E-state index >= 15 is 0 Å². The van der Waals surface area contributed by atoms with E-state index in [9.17, 15) is 4.79 Å². The number of benzene rings is 2. The molecule has 2 aromatic carbocycles. The quantitative estimate of drug-likeness (QED) is 0.503.